The van der Waals surface area contributed by atoms with E-state index < -0.39 is 0 Å². The minimum atomic E-state index is -0.0144. The molecule has 1 aromatic heterocycles. The Balaban J connectivity index is 2.11. The van der Waals surface area contributed by atoms with Crippen molar-refractivity contribution in [3.8, 4) is 0 Å². The topological polar surface area (TPSA) is 48.1 Å². The van der Waals surface area contributed by atoms with E-state index in [1.54, 1.807) is 6.07 Å². The summed E-state index contributed by atoms with van der Waals surface area (Å²) in [5.74, 6) is 0. The first-order valence-corrected chi connectivity index (χ1v) is 7.46. The minimum absolute atomic E-state index is 0.0144. The maximum atomic E-state index is 12.0. The molecule has 0 aliphatic heterocycles. The summed E-state index contributed by atoms with van der Waals surface area (Å²) in [6, 6.07) is 9.87. The smallest absolute Gasteiger partial charge is 0.250 e. The number of aromatic nitrogens is 1. The van der Waals surface area contributed by atoms with Crippen LogP contribution in [0.2, 0.25) is 0 Å². The SMILES string of the molecule is CNc1ccccc1N(C)c1cc(=O)[nH]c2c1CCCC2. The van der Waals surface area contributed by atoms with Gasteiger partial charge >= 0.3 is 0 Å². The number of hydrogen-bond acceptors (Lipinski definition) is 3. The molecule has 1 aliphatic carbocycles. The second-order valence-corrected chi connectivity index (χ2v) is 5.51. The molecule has 0 bridgehead atoms. The summed E-state index contributed by atoms with van der Waals surface area (Å²) >= 11 is 0. The highest BCUT2D eigenvalue weighted by molar-refractivity contribution is 5.77. The normalized spacial score (nSPS) is 13.6. The zero-order chi connectivity index (χ0) is 14.8. The summed E-state index contributed by atoms with van der Waals surface area (Å²) in [5.41, 5.74) is 5.55. The zero-order valence-corrected chi connectivity index (χ0v) is 12.6. The Morgan fingerprint density at radius 2 is 1.90 bits per heavy atom. The molecule has 0 radical (unpaired) electrons. The number of anilines is 3. The summed E-state index contributed by atoms with van der Waals surface area (Å²) in [4.78, 5) is 17.1. The number of nitrogens with zero attached hydrogens (tertiary/aromatic N) is 1. The van der Waals surface area contributed by atoms with Crippen LogP contribution < -0.4 is 15.8 Å². The number of H-pyrrole nitrogens is 1. The van der Waals surface area contributed by atoms with E-state index in [1.807, 2.05) is 32.3 Å². The van der Waals surface area contributed by atoms with Crippen LogP contribution in [0.15, 0.2) is 35.1 Å². The van der Waals surface area contributed by atoms with Crippen LogP contribution in [0.1, 0.15) is 24.1 Å². The molecule has 1 aromatic carbocycles. The van der Waals surface area contributed by atoms with Gasteiger partial charge in [0.15, 0.2) is 0 Å². The maximum absolute atomic E-state index is 12.0. The lowest BCUT2D eigenvalue weighted by Crippen LogP contribution is -2.21. The highest BCUT2D eigenvalue weighted by atomic mass is 16.1. The largest absolute Gasteiger partial charge is 0.386 e. The Hall–Kier alpha value is -2.23. The molecule has 4 nitrogen and oxygen atoms in total. The predicted octanol–water partition coefficient (Wildman–Crippen LogP) is 3.06. The number of aryl methyl sites for hydroxylation is 1. The van der Waals surface area contributed by atoms with Crippen LogP contribution in [-0.4, -0.2) is 19.1 Å². The van der Waals surface area contributed by atoms with Crippen LogP contribution in [-0.2, 0) is 12.8 Å². The van der Waals surface area contributed by atoms with E-state index in [1.165, 1.54) is 12.0 Å². The number of benzene rings is 1. The number of rotatable bonds is 3. The molecule has 1 heterocycles. The van der Waals surface area contributed by atoms with Gasteiger partial charge in [-0.25, -0.2) is 0 Å². The number of fused-ring (bicyclic) bond motifs is 1. The summed E-state index contributed by atoms with van der Waals surface area (Å²) in [6.45, 7) is 0. The summed E-state index contributed by atoms with van der Waals surface area (Å²) in [6.07, 6.45) is 4.35. The van der Waals surface area contributed by atoms with E-state index in [9.17, 15) is 4.79 Å². The van der Waals surface area contributed by atoms with Crippen molar-refractivity contribution in [2.45, 2.75) is 25.7 Å². The summed E-state index contributed by atoms with van der Waals surface area (Å²) in [5, 5.41) is 3.21. The number of aromatic amines is 1. The monoisotopic (exact) mass is 283 g/mol. The van der Waals surface area contributed by atoms with Gasteiger partial charge in [0.2, 0.25) is 5.56 Å². The standard InChI is InChI=1S/C17H21N3O/c1-18-14-9-5-6-10-15(14)20(2)16-11-17(21)19-13-8-4-3-7-12(13)16/h5-6,9-11,18H,3-4,7-8H2,1-2H3,(H,19,21). The number of nitrogens with one attached hydrogen (secondary N) is 2. The van der Waals surface area contributed by atoms with Gasteiger partial charge in [-0.3, -0.25) is 4.79 Å². The molecule has 1 aliphatic rings. The van der Waals surface area contributed by atoms with Crippen LogP contribution >= 0.6 is 0 Å². The Morgan fingerprint density at radius 3 is 2.71 bits per heavy atom. The lowest BCUT2D eigenvalue weighted by molar-refractivity contribution is 0.665. The average Bonchev–Trinajstić information content (AvgIpc) is 2.53. The van der Waals surface area contributed by atoms with Gasteiger partial charge in [0.25, 0.3) is 0 Å². The van der Waals surface area contributed by atoms with Crippen LogP contribution in [0.4, 0.5) is 17.1 Å². The van der Waals surface area contributed by atoms with Gasteiger partial charge in [-0.2, -0.15) is 0 Å². The van der Waals surface area contributed by atoms with Crippen molar-refractivity contribution in [3.05, 3.63) is 51.9 Å². The van der Waals surface area contributed by atoms with Crippen LogP contribution in [0.5, 0.6) is 0 Å². The van der Waals surface area contributed by atoms with E-state index in [4.69, 9.17) is 0 Å². The Kier molecular flexibility index (Phi) is 3.69. The minimum Gasteiger partial charge on any atom is -0.386 e. The first-order valence-electron chi connectivity index (χ1n) is 7.46. The Morgan fingerprint density at radius 1 is 1.14 bits per heavy atom. The van der Waals surface area contributed by atoms with Gasteiger partial charge < -0.3 is 15.2 Å². The zero-order valence-electron chi connectivity index (χ0n) is 12.6. The maximum Gasteiger partial charge on any atom is 0.250 e. The molecular formula is C17H21N3O. The summed E-state index contributed by atoms with van der Waals surface area (Å²) in [7, 11) is 3.94. The molecule has 21 heavy (non-hydrogen) atoms. The third-order valence-corrected chi connectivity index (χ3v) is 4.22. The fourth-order valence-corrected chi connectivity index (χ4v) is 3.13. The second-order valence-electron chi connectivity index (χ2n) is 5.51. The predicted molar refractivity (Wildman–Crippen MR) is 87.8 cm³/mol. The van der Waals surface area contributed by atoms with E-state index in [-0.39, 0.29) is 5.56 Å². The van der Waals surface area contributed by atoms with Crippen molar-refractivity contribution in [1.82, 2.24) is 4.98 Å². The molecule has 0 spiro atoms. The van der Waals surface area contributed by atoms with Crippen molar-refractivity contribution in [3.63, 3.8) is 0 Å². The molecule has 2 aromatic rings. The van der Waals surface area contributed by atoms with Crippen molar-refractivity contribution >= 4 is 17.1 Å². The molecule has 0 saturated carbocycles. The molecule has 110 valence electrons. The van der Waals surface area contributed by atoms with Gasteiger partial charge in [-0.15, -0.1) is 0 Å². The lowest BCUT2D eigenvalue weighted by atomic mass is 9.94. The van der Waals surface area contributed by atoms with Crippen molar-refractivity contribution < 1.29 is 0 Å². The second kappa shape index (κ2) is 5.64. The molecular weight excluding hydrogens is 262 g/mol. The number of pyridine rings is 1. The van der Waals surface area contributed by atoms with E-state index in [2.05, 4.69) is 21.3 Å². The van der Waals surface area contributed by atoms with E-state index >= 15 is 0 Å². The molecule has 0 saturated heterocycles. The Labute approximate surface area is 124 Å². The van der Waals surface area contributed by atoms with Crippen LogP contribution in [0.25, 0.3) is 0 Å². The fourth-order valence-electron chi connectivity index (χ4n) is 3.13. The lowest BCUT2D eigenvalue weighted by Gasteiger charge is -2.27. The highest BCUT2D eigenvalue weighted by Gasteiger charge is 2.19. The first-order chi connectivity index (χ1) is 10.2. The number of para-hydroxylation sites is 2. The fraction of sp³-hybridized carbons (Fsp3) is 0.353. The van der Waals surface area contributed by atoms with Crippen LogP contribution in [0, 0.1) is 0 Å². The quantitative estimate of drug-likeness (QED) is 0.910. The van der Waals surface area contributed by atoms with Gasteiger partial charge in [-0.1, -0.05) is 12.1 Å². The highest BCUT2D eigenvalue weighted by Crippen LogP contribution is 2.34. The molecule has 2 N–H and O–H groups in total. The molecule has 0 atom stereocenters. The molecule has 4 heteroatoms. The van der Waals surface area contributed by atoms with Gasteiger partial charge in [0.1, 0.15) is 0 Å². The van der Waals surface area contributed by atoms with Crippen molar-refractivity contribution in [2.24, 2.45) is 0 Å². The van der Waals surface area contributed by atoms with E-state index in [0.29, 0.717) is 0 Å². The van der Waals surface area contributed by atoms with Crippen molar-refractivity contribution in [2.75, 3.05) is 24.3 Å². The average molecular weight is 283 g/mol. The first kappa shape index (κ1) is 13.7. The molecule has 0 unspecified atom stereocenters. The van der Waals surface area contributed by atoms with Gasteiger partial charge in [0, 0.05) is 25.9 Å². The van der Waals surface area contributed by atoms with E-state index in [0.717, 1.165) is 42.0 Å². The third-order valence-electron chi connectivity index (χ3n) is 4.22. The van der Waals surface area contributed by atoms with Crippen molar-refractivity contribution in [1.29, 1.82) is 0 Å². The summed E-state index contributed by atoms with van der Waals surface area (Å²) < 4.78 is 0. The van der Waals surface area contributed by atoms with Gasteiger partial charge in [-0.05, 0) is 43.4 Å². The molecule has 3 rings (SSSR count). The van der Waals surface area contributed by atoms with Crippen LogP contribution in [0.3, 0.4) is 0 Å². The number of hydrogen-bond donors (Lipinski definition) is 2. The molecule has 0 amide bonds. The third kappa shape index (κ3) is 2.53. The molecule has 0 fully saturated rings. The Bertz CT molecular complexity index is 705. The van der Waals surface area contributed by atoms with Gasteiger partial charge in [0.05, 0.1) is 17.1 Å².